The highest BCUT2D eigenvalue weighted by Crippen LogP contribution is 2.62. The second kappa shape index (κ2) is 20.6. The number of pyridine rings is 1. The van der Waals surface area contributed by atoms with E-state index in [-0.39, 0.29) is 49.4 Å². The summed E-state index contributed by atoms with van der Waals surface area (Å²) in [5.74, 6) is -0.357. The number of carbonyl (C=O) groups excluding carboxylic acids is 1. The first-order valence-electron chi connectivity index (χ1n) is 24.1. The number of aliphatic hydroxyl groups excluding tert-OH is 2. The van der Waals surface area contributed by atoms with Crippen LogP contribution >= 0.6 is 0 Å². The van der Waals surface area contributed by atoms with Crippen molar-refractivity contribution in [2.45, 2.75) is 121 Å². The quantitative estimate of drug-likeness (QED) is 0.0506. The van der Waals surface area contributed by atoms with E-state index in [1.54, 1.807) is 6.08 Å². The van der Waals surface area contributed by atoms with E-state index in [1.165, 1.54) is 0 Å². The highest BCUT2D eigenvalue weighted by molar-refractivity contribution is 6.03. The zero-order valence-corrected chi connectivity index (χ0v) is 37.8. The lowest BCUT2D eigenvalue weighted by molar-refractivity contribution is -0.258. The number of hydrogen-bond acceptors (Lipinski definition) is 10. The van der Waals surface area contributed by atoms with Crippen LogP contribution in [0.5, 0.6) is 11.5 Å². The second-order valence-corrected chi connectivity index (χ2v) is 18.6. The Morgan fingerprint density at radius 2 is 1.78 bits per heavy atom. The van der Waals surface area contributed by atoms with Gasteiger partial charge in [-0.15, -0.1) is 6.58 Å². The number of aliphatic hydroxyl groups is 2. The summed E-state index contributed by atoms with van der Waals surface area (Å²) in [4.78, 5) is 28.3. The van der Waals surface area contributed by atoms with Gasteiger partial charge in [0.15, 0.2) is 0 Å². The number of amides is 1. The predicted molar refractivity (Wildman–Crippen MR) is 250 cm³/mol. The van der Waals surface area contributed by atoms with Gasteiger partial charge in [-0.3, -0.25) is 9.78 Å². The van der Waals surface area contributed by atoms with Crippen LogP contribution in [0, 0.1) is 30.6 Å². The summed E-state index contributed by atoms with van der Waals surface area (Å²) in [5, 5.41) is 27.4. The molecule has 0 radical (unpaired) electrons. The molecule has 2 N–H and O–H groups in total. The van der Waals surface area contributed by atoms with Crippen molar-refractivity contribution < 1.29 is 38.8 Å². The fourth-order valence-corrected chi connectivity index (χ4v) is 11.0. The number of unbranched alkanes of at least 4 members (excludes halogenated alkanes) is 2. The number of hydrogen-bond donors (Lipinski definition) is 2. The van der Waals surface area contributed by atoms with Crippen LogP contribution in [0.4, 0.5) is 0 Å². The van der Waals surface area contributed by atoms with E-state index in [0.717, 1.165) is 102 Å². The van der Waals surface area contributed by atoms with E-state index in [1.807, 2.05) is 43.3 Å². The van der Waals surface area contributed by atoms with Gasteiger partial charge >= 0.3 is 0 Å². The Kier molecular flexibility index (Phi) is 14.3. The lowest BCUT2D eigenvalue weighted by Gasteiger charge is -2.60. The summed E-state index contributed by atoms with van der Waals surface area (Å²) < 4.78 is 27.4. The topological polar surface area (TPSA) is 132 Å². The highest BCUT2D eigenvalue weighted by atomic mass is 16.8. The largest absolute Gasteiger partial charge is 0.487 e. The molecule has 3 aliphatic carbocycles. The summed E-state index contributed by atoms with van der Waals surface area (Å²) in [5.41, 5.74) is 5.61. The van der Waals surface area contributed by atoms with Crippen LogP contribution in [0.2, 0.25) is 0 Å². The molecule has 1 aromatic heterocycles. The molecule has 1 saturated heterocycles. The van der Waals surface area contributed by atoms with Crippen LogP contribution in [-0.4, -0.2) is 76.3 Å². The van der Waals surface area contributed by atoms with Crippen LogP contribution < -0.4 is 9.47 Å². The molecule has 65 heavy (non-hydrogen) atoms. The number of aromatic nitrogens is 1. The van der Waals surface area contributed by atoms with Gasteiger partial charge in [0, 0.05) is 55.7 Å². The first-order valence-corrected chi connectivity index (χ1v) is 24.1. The molecular weight excluding hydrogens is 819 g/mol. The summed E-state index contributed by atoms with van der Waals surface area (Å²) in [6.45, 7) is 7.82. The Balaban J connectivity index is 1.23. The van der Waals surface area contributed by atoms with E-state index in [0.29, 0.717) is 50.5 Å². The Hall–Kier alpha value is -5.07. The van der Waals surface area contributed by atoms with Crippen LogP contribution in [0.25, 0.3) is 10.8 Å². The van der Waals surface area contributed by atoms with Crippen molar-refractivity contribution in [3.63, 3.8) is 0 Å². The van der Waals surface area contributed by atoms with Gasteiger partial charge in [-0.2, -0.15) is 0 Å². The molecule has 3 heterocycles. The predicted octanol–water partition coefficient (Wildman–Crippen LogP) is 9.72. The van der Waals surface area contributed by atoms with Crippen molar-refractivity contribution in [2.24, 2.45) is 28.8 Å². The number of oxime groups is 1. The number of nitrogens with zero attached hydrogens (tertiary/aromatic N) is 3. The summed E-state index contributed by atoms with van der Waals surface area (Å²) in [7, 11) is 0. The fraction of sp³-hybridized carbons (Fsp3) is 0.500. The van der Waals surface area contributed by atoms with Crippen molar-refractivity contribution in [2.75, 3.05) is 26.4 Å². The van der Waals surface area contributed by atoms with Crippen molar-refractivity contribution in [3.8, 4) is 11.5 Å². The first kappa shape index (κ1) is 45.1. The number of rotatable bonds is 20. The molecule has 11 nitrogen and oxygen atoms in total. The van der Waals surface area contributed by atoms with Crippen molar-refractivity contribution in [1.82, 2.24) is 9.88 Å². The maximum absolute atomic E-state index is 15.2. The minimum absolute atomic E-state index is 0.0875. The lowest BCUT2D eigenvalue weighted by Crippen LogP contribution is -2.70. The zero-order valence-electron chi connectivity index (χ0n) is 37.8. The lowest BCUT2D eigenvalue weighted by atomic mass is 9.55. The van der Waals surface area contributed by atoms with E-state index < -0.39 is 24.0 Å². The Labute approximate surface area is 383 Å². The first-order chi connectivity index (χ1) is 31.9. The number of benzene rings is 3. The third-order valence-electron chi connectivity index (χ3n) is 14.2. The minimum Gasteiger partial charge on any atom is -0.487 e. The van der Waals surface area contributed by atoms with Gasteiger partial charge in [0.25, 0.3) is 0 Å². The average Bonchev–Trinajstić information content (AvgIpc) is 4.19. The molecule has 0 spiro atoms. The molecule has 344 valence electrons. The molecule has 11 heteroatoms. The van der Waals surface area contributed by atoms with Crippen LogP contribution in [-0.2, 0) is 32.3 Å². The fourth-order valence-electron chi connectivity index (χ4n) is 11.0. The number of ether oxygens (including phenoxy) is 4. The Morgan fingerprint density at radius 1 is 0.969 bits per heavy atom. The number of allylic oxidation sites excluding steroid dienone is 1. The average molecular weight is 884 g/mol. The standard InChI is InChI=1S/C54H65N3O8/c1-3-29-63-54-49(57(53(60)38-23-24-38)34-40-18-13-17-37-15-4-5-20-43(37)40)33-47(56-65-50-22-8-11-30-61-50)45-31-39(16-6-9-27-58)44(21-7-10-28-59)51(52(45)54)46-32-42(25-26-48(46)64-54)62-35-41-19-12-14-36(2)55-41/h3-5,12-15,17-20,25-26,31-32,38-39,44,49-52,58-59H,1,6-11,16,21-24,27-30,33-35H2,2H3/t39-,44+,49-,50?,51+,52+,54+/m0/s1. The molecule has 3 fully saturated rings. The highest BCUT2D eigenvalue weighted by Gasteiger charge is 2.66. The Morgan fingerprint density at radius 3 is 2.57 bits per heavy atom. The third-order valence-corrected chi connectivity index (χ3v) is 14.2. The normalized spacial score (nSPS) is 26.4. The van der Waals surface area contributed by atoms with E-state index in [4.69, 9.17) is 33.9 Å². The van der Waals surface area contributed by atoms with E-state index in [9.17, 15) is 10.2 Å². The third kappa shape index (κ3) is 9.75. The molecule has 4 aromatic rings. The van der Waals surface area contributed by atoms with Crippen LogP contribution in [0.3, 0.4) is 0 Å². The van der Waals surface area contributed by atoms with E-state index in [2.05, 4.69) is 60.0 Å². The SMILES string of the molecule is C=CCO[C@@]12Oc3ccc(OCc4cccc(C)n4)cc3[C@H]3[C@H](CCCCO)[C@@H](CCCCO)C=C(C(=NOC4CCCCO4)C[C@@H]1N(Cc1cccc4ccccc14)C(=O)C1CC1)[C@H]32. The van der Waals surface area contributed by atoms with Crippen LogP contribution in [0.1, 0.15) is 105 Å². The van der Waals surface area contributed by atoms with Gasteiger partial charge in [-0.1, -0.05) is 78.7 Å². The van der Waals surface area contributed by atoms with Crippen LogP contribution in [0.15, 0.2) is 108 Å². The van der Waals surface area contributed by atoms with Gasteiger partial charge in [0.1, 0.15) is 24.1 Å². The molecule has 1 unspecified atom stereocenters. The molecular formula is C54H65N3O8. The molecule has 0 bridgehead atoms. The van der Waals surface area contributed by atoms with Gasteiger partial charge in [-0.05, 0) is 122 Å². The number of fused-ring (bicyclic) bond motifs is 3. The zero-order chi connectivity index (χ0) is 44.8. The molecule has 2 aliphatic heterocycles. The minimum atomic E-state index is -1.35. The second-order valence-electron chi connectivity index (χ2n) is 18.6. The van der Waals surface area contributed by atoms with Gasteiger partial charge in [-0.25, -0.2) is 0 Å². The van der Waals surface area contributed by atoms with Gasteiger partial charge in [0.2, 0.25) is 18.0 Å². The molecule has 7 atom stereocenters. The monoisotopic (exact) mass is 883 g/mol. The van der Waals surface area contributed by atoms with Gasteiger partial charge in [0.05, 0.1) is 30.5 Å². The number of aryl methyl sites for hydroxylation is 1. The summed E-state index contributed by atoms with van der Waals surface area (Å²) >= 11 is 0. The molecule has 1 amide bonds. The number of carbonyl (C=O) groups is 1. The summed E-state index contributed by atoms with van der Waals surface area (Å²) in [6, 6.07) is 26.1. The maximum atomic E-state index is 15.2. The van der Waals surface area contributed by atoms with E-state index >= 15 is 4.79 Å². The van der Waals surface area contributed by atoms with Crippen molar-refractivity contribution in [3.05, 3.63) is 126 Å². The van der Waals surface area contributed by atoms with Gasteiger partial charge < -0.3 is 38.9 Å². The Bertz CT molecular complexity index is 2350. The molecule has 9 rings (SSSR count). The molecule has 5 aliphatic rings. The maximum Gasteiger partial charge on any atom is 0.239 e. The molecule has 2 saturated carbocycles. The summed E-state index contributed by atoms with van der Waals surface area (Å²) in [6.07, 6.45) is 13.2. The smallest absolute Gasteiger partial charge is 0.239 e. The van der Waals surface area contributed by atoms with Crippen molar-refractivity contribution in [1.29, 1.82) is 0 Å². The molecule has 3 aromatic carbocycles. The van der Waals surface area contributed by atoms with Crippen molar-refractivity contribution >= 4 is 22.4 Å².